The van der Waals surface area contributed by atoms with Gasteiger partial charge in [0, 0.05) is 18.6 Å². The van der Waals surface area contributed by atoms with Crippen molar-refractivity contribution in [1.82, 2.24) is 0 Å². The van der Waals surface area contributed by atoms with Crippen molar-refractivity contribution in [2.24, 2.45) is 0 Å². The molecule has 0 bridgehead atoms. The van der Waals surface area contributed by atoms with Crippen LogP contribution in [0.1, 0.15) is 17.2 Å². The molecule has 1 unspecified atom stereocenters. The lowest BCUT2D eigenvalue weighted by Gasteiger charge is -2.11. The van der Waals surface area contributed by atoms with Crippen LogP contribution in [0.15, 0.2) is 18.2 Å². The third kappa shape index (κ3) is 3.73. The Labute approximate surface area is 112 Å². The van der Waals surface area contributed by atoms with Crippen LogP contribution >= 0.6 is 11.6 Å². The maximum atomic E-state index is 11.3. The maximum Gasteiger partial charge on any atom is 0.337 e. The topological polar surface area (TPSA) is 118 Å². The second kappa shape index (κ2) is 6.26. The summed E-state index contributed by atoms with van der Waals surface area (Å²) in [4.78, 5) is 32.0. The lowest BCUT2D eigenvalue weighted by Crippen LogP contribution is -2.15. The van der Waals surface area contributed by atoms with E-state index in [-0.39, 0.29) is 29.1 Å². The summed E-state index contributed by atoms with van der Waals surface area (Å²) in [6.45, 7) is 0. The highest BCUT2D eigenvalue weighted by Crippen LogP contribution is 2.24. The van der Waals surface area contributed by atoms with Crippen LogP contribution in [0.25, 0.3) is 0 Å². The Morgan fingerprint density at radius 1 is 1.42 bits per heavy atom. The van der Waals surface area contributed by atoms with E-state index in [0.717, 1.165) is 18.2 Å². The zero-order valence-corrected chi connectivity index (χ0v) is 10.3. The van der Waals surface area contributed by atoms with E-state index < -0.39 is 22.8 Å². The predicted molar refractivity (Wildman–Crippen MR) is 65.1 cm³/mol. The van der Waals surface area contributed by atoms with Gasteiger partial charge in [0.15, 0.2) is 11.9 Å². The number of hydrogen-bond donors (Lipinski definition) is 2. The molecule has 1 rings (SSSR count). The Morgan fingerprint density at radius 3 is 2.53 bits per heavy atom. The molecule has 0 aliphatic rings. The molecule has 0 heterocycles. The average molecular weight is 288 g/mol. The number of nitrogens with zero attached hydrogens (tertiary/aromatic N) is 1. The summed E-state index contributed by atoms with van der Waals surface area (Å²) in [5.41, 5.74) is -0.273. The molecule has 1 atom stereocenters. The molecule has 0 fully saturated rings. The van der Waals surface area contributed by atoms with Crippen LogP contribution in [0.4, 0.5) is 5.69 Å². The fraction of sp³-hybridized carbons (Fsp3) is 0.273. The van der Waals surface area contributed by atoms with Crippen LogP contribution in [-0.4, -0.2) is 32.8 Å². The molecular weight excluding hydrogens is 278 g/mol. The Hall–Kier alpha value is -1.99. The van der Waals surface area contributed by atoms with Gasteiger partial charge in [-0.2, -0.15) is 0 Å². The number of hydrogen-bond acceptors (Lipinski definition) is 5. The number of carboxylic acids is 1. The Kier molecular flexibility index (Phi) is 4.96. The number of carbonyl (C=O) groups is 2. The summed E-state index contributed by atoms with van der Waals surface area (Å²) in [6, 6.07) is 3.25. The first-order chi connectivity index (χ1) is 8.86. The minimum Gasteiger partial charge on any atom is -0.479 e. The molecule has 1 aromatic carbocycles. The number of nitro groups is 1. The molecule has 0 radical (unpaired) electrons. The summed E-state index contributed by atoms with van der Waals surface area (Å²) in [7, 11) is 0. The van der Waals surface area contributed by atoms with E-state index in [4.69, 9.17) is 16.7 Å². The number of rotatable bonds is 6. The number of aliphatic carboxylic acids is 1. The molecule has 8 heteroatoms. The number of aliphatic hydroxyl groups excluding tert-OH is 1. The van der Waals surface area contributed by atoms with Crippen LogP contribution in [0.3, 0.4) is 0 Å². The summed E-state index contributed by atoms with van der Waals surface area (Å²) < 4.78 is 0. The van der Waals surface area contributed by atoms with Crippen molar-refractivity contribution in [3.05, 3.63) is 39.4 Å². The average Bonchev–Trinajstić information content (AvgIpc) is 2.37. The molecule has 0 amide bonds. The number of benzene rings is 1. The number of nitro benzene ring substituents is 1. The number of Topliss-reactive ketones (excluding diaryl/α,β-unsaturated/α-hetero) is 1. The molecular formula is C11H10ClNO6. The molecule has 19 heavy (non-hydrogen) atoms. The van der Waals surface area contributed by atoms with E-state index in [1.54, 1.807) is 0 Å². The first-order valence-electron chi connectivity index (χ1n) is 5.12. The van der Waals surface area contributed by atoms with Crippen molar-refractivity contribution in [3.8, 4) is 0 Å². The maximum absolute atomic E-state index is 11.3. The molecule has 2 N–H and O–H groups in total. The van der Waals surface area contributed by atoms with Crippen molar-refractivity contribution >= 4 is 29.0 Å². The number of aliphatic hydroxyl groups is 1. The molecule has 102 valence electrons. The van der Waals surface area contributed by atoms with Crippen molar-refractivity contribution in [2.45, 2.75) is 12.5 Å². The molecule has 0 aromatic heterocycles. The fourth-order valence-electron chi connectivity index (χ4n) is 1.52. The van der Waals surface area contributed by atoms with Crippen molar-refractivity contribution in [2.75, 3.05) is 5.88 Å². The Morgan fingerprint density at radius 2 is 2.05 bits per heavy atom. The lowest BCUT2D eigenvalue weighted by atomic mass is 9.98. The number of halogens is 1. The Balaban J connectivity index is 3.25. The van der Waals surface area contributed by atoms with Gasteiger partial charge in [0.1, 0.15) is 0 Å². The first kappa shape index (κ1) is 15.1. The van der Waals surface area contributed by atoms with E-state index in [1.165, 1.54) is 0 Å². The SMILES string of the molecule is O=C(CCl)Cc1cc([N+](=O)[O-])ccc1C(O)C(=O)O. The molecule has 0 aliphatic carbocycles. The van der Waals surface area contributed by atoms with Gasteiger partial charge in [-0.15, -0.1) is 11.6 Å². The highest BCUT2D eigenvalue weighted by atomic mass is 35.5. The normalized spacial score (nSPS) is 11.9. The van der Waals surface area contributed by atoms with Crippen molar-refractivity contribution in [3.63, 3.8) is 0 Å². The quantitative estimate of drug-likeness (QED) is 0.459. The summed E-state index contributed by atoms with van der Waals surface area (Å²) in [5.74, 6) is -2.24. The minimum absolute atomic E-state index is 0.0587. The summed E-state index contributed by atoms with van der Waals surface area (Å²) in [5, 5.41) is 28.9. The van der Waals surface area contributed by atoms with Gasteiger partial charge in [0.25, 0.3) is 5.69 Å². The van der Waals surface area contributed by atoms with Gasteiger partial charge in [-0.05, 0) is 17.2 Å². The predicted octanol–water partition coefficient (Wildman–Crippen LogP) is 1.06. The highest BCUT2D eigenvalue weighted by molar-refractivity contribution is 6.27. The van der Waals surface area contributed by atoms with Gasteiger partial charge in [0.05, 0.1) is 10.8 Å². The molecule has 7 nitrogen and oxygen atoms in total. The van der Waals surface area contributed by atoms with Gasteiger partial charge in [-0.3, -0.25) is 14.9 Å². The zero-order chi connectivity index (χ0) is 14.6. The highest BCUT2D eigenvalue weighted by Gasteiger charge is 2.22. The van der Waals surface area contributed by atoms with Crippen molar-refractivity contribution in [1.29, 1.82) is 0 Å². The van der Waals surface area contributed by atoms with Gasteiger partial charge in [0.2, 0.25) is 0 Å². The van der Waals surface area contributed by atoms with Crippen LogP contribution in [0.5, 0.6) is 0 Å². The van der Waals surface area contributed by atoms with Crippen LogP contribution in [0, 0.1) is 10.1 Å². The van der Waals surface area contributed by atoms with E-state index in [2.05, 4.69) is 0 Å². The molecule has 0 aliphatic heterocycles. The number of non-ortho nitro benzene ring substituents is 1. The lowest BCUT2D eigenvalue weighted by molar-refractivity contribution is -0.384. The standard InChI is InChI=1S/C11H10ClNO6/c12-5-8(14)4-6-3-7(13(18)19)1-2-9(6)10(15)11(16)17/h1-3,10,15H,4-5H2,(H,16,17). The van der Waals surface area contributed by atoms with Gasteiger partial charge < -0.3 is 10.2 Å². The van der Waals surface area contributed by atoms with Crippen molar-refractivity contribution < 1.29 is 24.7 Å². The van der Waals surface area contributed by atoms with Gasteiger partial charge >= 0.3 is 5.97 Å². The number of alkyl halides is 1. The largest absolute Gasteiger partial charge is 0.479 e. The van der Waals surface area contributed by atoms with Gasteiger partial charge in [-0.1, -0.05) is 0 Å². The van der Waals surface area contributed by atoms with Crippen LogP contribution in [0.2, 0.25) is 0 Å². The third-order valence-electron chi connectivity index (χ3n) is 2.40. The van der Waals surface area contributed by atoms with Crippen LogP contribution in [-0.2, 0) is 16.0 Å². The second-order valence-electron chi connectivity index (χ2n) is 3.73. The number of ketones is 1. The molecule has 0 saturated carbocycles. The van der Waals surface area contributed by atoms with E-state index in [0.29, 0.717) is 0 Å². The molecule has 0 saturated heterocycles. The van der Waals surface area contributed by atoms with E-state index in [1.807, 2.05) is 0 Å². The molecule has 1 aromatic rings. The first-order valence-corrected chi connectivity index (χ1v) is 5.66. The second-order valence-corrected chi connectivity index (χ2v) is 4.00. The number of carbonyl (C=O) groups excluding carboxylic acids is 1. The van der Waals surface area contributed by atoms with E-state index >= 15 is 0 Å². The minimum atomic E-state index is -1.85. The fourth-order valence-corrected chi connectivity index (χ4v) is 1.61. The summed E-state index contributed by atoms with van der Waals surface area (Å²) in [6.07, 6.45) is -2.12. The van der Waals surface area contributed by atoms with Crippen LogP contribution < -0.4 is 0 Å². The van der Waals surface area contributed by atoms with E-state index in [9.17, 15) is 24.8 Å². The summed E-state index contributed by atoms with van der Waals surface area (Å²) >= 11 is 5.34. The monoisotopic (exact) mass is 287 g/mol. The van der Waals surface area contributed by atoms with Gasteiger partial charge in [-0.25, -0.2) is 4.79 Å². The molecule has 0 spiro atoms. The third-order valence-corrected chi connectivity index (χ3v) is 2.70. The zero-order valence-electron chi connectivity index (χ0n) is 9.58. The number of carboxylic acid groups (broad SMARTS) is 1. The Bertz CT molecular complexity index is 530. The smallest absolute Gasteiger partial charge is 0.337 e.